The number of hydrogen-bond donors (Lipinski definition) is 3. The molecule has 2 aromatic carbocycles. The number of primary sulfonamides is 1. The van der Waals surface area contributed by atoms with Crippen LogP contribution < -0.4 is 15.8 Å². The molecule has 7 nitrogen and oxygen atoms in total. The van der Waals surface area contributed by atoms with E-state index >= 15 is 0 Å². The first-order valence-corrected chi connectivity index (χ1v) is 11.0. The SMILES string of the molecule is Cc1ccc(NC(=O)c2sc(NC(=O)c3cccc(F)c3)cc2C)cc1S(N)(=O)=O. The van der Waals surface area contributed by atoms with Gasteiger partial charge in [0.25, 0.3) is 11.8 Å². The van der Waals surface area contributed by atoms with E-state index in [-0.39, 0.29) is 16.1 Å². The molecule has 0 spiro atoms. The Bertz CT molecular complexity index is 1250. The maximum atomic E-state index is 13.3. The molecule has 1 heterocycles. The fourth-order valence-electron chi connectivity index (χ4n) is 2.76. The normalized spacial score (nSPS) is 11.2. The van der Waals surface area contributed by atoms with Crippen molar-refractivity contribution in [2.75, 3.05) is 10.6 Å². The molecule has 0 fully saturated rings. The van der Waals surface area contributed by atoms with Crippen molar-refractivity contribution >= 4 is 43.9 Å². The minimum atomic E-state index is -3.93. The van der Waals surface area contributed by atoms with Crippen molar-refractivity contribution in [3.63, 3.8) is 0 Å². The molecule has 3 aromatic rings. The summed E-state index contributed by atoms with van der Waals surface area (Å²) >= 11 is 1.05. The highest BCUT2D eigenvalue weighted by Gasteiger charge is 2.18. The van der Waals surface area contributed by atoms with Crippen LogP contribution >= 0.6 is 11.3 Å². The molecule has 0 aliphatic rings. The number of nitrogens with one attached hydrogen (secondary N) is 2. The number of carbonyl (C=O) groups is 2. The lowest BCUT2D eigenvalue weighted by molar-refractivity contribution is 0.101. The van der Waals surface area contributed by atoms with Gasteiger partial charge in [0.15, 0.2) is 0 Å². The lowest BCUT2D eigenvalue weighted by atomic mass is 10.2. The summed E-state index contributed by atoms with van der Waals surface area (Å²) in [7, 11) is -3.93. The van der Waals surface area contributed by atoms with Gasteiger partial charge in [0.05, 0.1) is 14.8 Å². The Morgan fingerprint density at radius 1 is 0.967 bits per heavy atom. The quantitative estimate of drug-likeness (QED) is 0.553. The van der Waals surface area contributed by atoms with E-state index in [1.54, 1.807) is 32.0 Å². The summed E-state index contributed by atoms with van der Waals surface area (Å²) in [5.74, 6) is -1.49. The van der Waals surface area contributed by atoms with Crippen LogP contribution in [0.25, 0.3) is 0 Å². The topological polar surface area (TPSA) is 118 Å². The molecule has 4 N–H and O–H groups in total. The van der Waals surface area contributed by atoms with Crippen molar-refractivity contribution in [2.24, 2.45) is 5.14 Å². The number of nitrogens with two attached hydrogens (primary N) is 1. The van der Waals surface area contributed by atoms with E-state index in [4.69, 9.17) is 5.14 Å². The summed E-state index contributed by atoms with van der Waals surface area (Å²) in [6.07, 6.45) is 0. The van der Waals surface area contributed by atoms with Crippen LogP contribution in [-0.2, 0) is 10.0 Å². The van der Waals surface area contributed by atoms with Gasteiger partial charge in [-0.1, -0.05) is 12.1 Å². The zero-order valence-corrected chi connectivity index (χ0v) is 17.7. The van der Waals surface area contributed by atoms with Crippen LogP contribution in [0.4, 0.5) is 15.1 Å². The maximum absolute atomic E-state index is 13.3. The highest BCUT2D eigenvalue weighted by molar-refractivity contribution is 7.89. The molecule has 0 bridgehead atoms. The Labute approximate surface area is 176 Å². The number of rotatable bonds is 5. The largest absolute Gasteiger partial charge is 0.321 e. The number of amides is 2. The van der Waals surface area contributed by atoms with Crippen LogP contribution in [0.3, 0.4) is 0 Å². The third-order valence-corrected chi connectivity index (χ3v) is 6.40. The number of thiophene rings is 1. The van der Waals surface area contributed by atoms with E-state index in [1.807, 2.05) is 0 Å². The molecule has 0 atom stereocenters. The Kier molecular flexibility index (Phi) is 6.01. The van der Waals surface area contributed by atoms with Gasteiger partial charge in [-0.05, 0) is 61.4 Å². The fraction of sp³-hybridized carbons (Fsp3) is 0.100. The lowest BCUT2D eigenvalue weighted by Gasteiger charge is -2.08. The zero-order chi connectivity index (χ0) is 22.1. The van der Waals surface area contributed by atoms with Crippen LogP contribution in [0.1, 0.15) is 31.2 Å². The molecule has 1 aromatic heterocycles. The number of aryl methyl sites for hydroxylation is 2. The van der Waals surface area contributed by atoms with E-state index in [0.717, 1.165) is 17.4 Å². The number of benzene rings is 2. The summed E-state index contributed by atoms with van der Waals surface area (Å²) < 4.78 is 36.6. The van der Waals surface area contributed by atoms with E-state index in [0.29, 0.717) is 21.0 Å². The van der Waals surface area contributed by atoms with E-state index in [9.17, 15) is 22.4 Å². The average Bonchev–Trinajstić information content (AvgIpc) is 3.02. The first kappa shape index (κ1) is 21.6. The van der Waals surface area contributed by atoms with Gasteiger partial charge in [0.2, 0.25) is 10.0 Å². The van der Waals surface area contributed by atoms with Crippen LogP contribution in [0.5, 0.6) is 0 Å². The monoisotopic (exact) mass is 447 g/mol. The molecule has 0 saturated carbocycles. The third-order valence-electron chi connectivity index (χ3n) is 4.20. The van der Waals surface area contributed by atoms with E-state index in [2.05, 4.69) is 10.6 Å². The molecular formula is C20H18FN3O4S2. The molecule has 0 unspecified atom stereocenters. The van der Waals surface area contributed by atoms with Gasteiger partial charge < -0.3 is 10.6 Å². The molecule has 3 rings (SSSR count). The standard InChI is InChI=1S/C20H18FN3O4S2/c1-11-6-7-15(10-16(11)30(22,27)28)23-20(26)18-12(2)8-17(29-18)24-19(25)13-4-3-5-14(21)9-13/h3-10H,1-2H3,(H,23,26)(H,24,25)(H2,22,27,28). The highest BCUT2D eigenvalue weighted by atomic mass is 32.2. The Morgan fingerprint density at radius 3 is 2.37 bits per heavy atom. The van der Waals surface area contributed by atoms with Gasteiger partial charge >= 0.3 is 0 Å². The minimum absolute atomic E-state index is 0.0775. The number of carbonyl (C=O) groups excluding carboxylic acids is 2. The molecule has 0 radical (unpaired) electrons. The Balaban J connectivity index is 1.78. The predicted molar refractivity (Wildman–Crippen MR) is 114 cm³/mol. The second-order valence-corrected chi connectivity index (χ2v) is 9.15. The lowest BCUT2D eigenvalue weighted by Crippen LogP contribution is -2.16. The van der Waals surface area contributed by atoms with Gasteiger partial charge in [0, 0.05) is 11.3 Å². The van der Waals surface area contributed by atoms with Gasteiger partial charge in [-0.3, -0.25) is 9.59 Å². The summed E-state index contributed by atoms with van der Waals surface area (Å²) in [5.41, 5.74) is 1.51. The summed E-state index contributed by atoms with van der Waals surface area (Å²) in [4.78, 5) is 25.2. The molecule has 0 aliphatic carbocycles. The first-order valence-electron chi connectivity index (χ1n) is 8.67. The van der Waals surface area contributed by atoms with Crippen LogP contribution in [0.15, 0.2) is 53.4 Å². The van der Waals surface area contributed by atoms with Crippen LogP contribution in [-0.4, -0.2) is 20.2 Å². The fourth-order valence-corrected chi connectivity index (χ4v) is 4.53. The second-order valence-electron chi connectivity index (χ2n) is 6.57. The van der Waals surface area contributed by atoms with Crippen molar-refractivity contribution < 1.29 is 22.4 Å². The minimum Gasteiger partial charge on any atom is -0.321 e. The maximum Gasteiger partial charge on any atom is 0.266 e. The zero-order valence-electron chi connectivity index (χ0n) is 16.0. The Hall–Kier alpha value is -3.08. The number of hydrogen-bond acceptors (Lipinski definition) is 5. The summed E-state index contributed by atoms with van der Waals surface area (Å²) in [5, 5.41) is 10.9. The van der Waals surface area contributed by atoms with E-state index < -0.39 is 27.7 Å². The number of sulfonamides is 1. The highest BCUT2D eigenvalue weighted by Crippen LogP contribution is 2.28. The number of halogens is 1. The van der Waals surface area contributed by atoms with Crippen LogP contribution in [0.2, 0.25) is 0 Å². The van der Waals surface area contributed by atoms with Crippen molar-refractivity contribution in [2.45, 2.75) is 18.7 Å². The molecule has 0 saturated heterocycles. The predicted octanol–water partition coefficient (Wildman–Crippen LogP) is 3.66. The van der Waals surface area contributed by atoms with Gasteiger partial charge in [-0.25, -0.2) is 17.9 Å². The molecule has 2 amide bonds. The van der Waals surface area contributed by atoms with Gasteiger partial charge in [-0.2, -0.15) is 0 Å². The summed E-state index contributed by atoms with van der Waals surface area (Å²) in [6.45, 7) is 3.30. The van der Waals surface area contributed by atoms with Crippen molar-refractivity contribution in [1.82, 2.24) is 0 Å². The van der Waals surface area contributed by atoms with E-state index in [1.165, 1.54) is 24.3 Å². The van der Waals surface area contributed by atoms with Gasteiger partial charge in [0.1, 0.15) is 5.82 Å². The molecule has 156 valence electrons. The third kappa shape index (κ3) is 4.90. The van der Waals surface area contributed by atoms with Crippen molar-refractivity contribution in [3.8, 4) is 0 Å². The summed E-state index contributed by atoms with van der Waals surface area (Å²) in [6, 6.07) is 11.3. The Morgan fingerprint density at radius 2 is 1.70 bits per heavy atom. The second kappa shape index (κ2) is 8.34. The molecular weight excluding hydrogens is 429 g/mol. The molecule has 30 heavy (non-hydrogen) atoms. The molecule has 10 heteroatoms. The van der Waals surface area contributed by atoms with Crippen molar-refractivity contribution in [3.05, 3.63) is 75.9 Å². The molecule has 0 aliphatic heterocycles. The van der Waals surface area contributed by atoms with Gasteiger partial charge in [-0.15, -0.1) is 11.3 Å². The smallest absolute Gasteiger partial charge is 0.266 e. The van der Waals surface area contributed by atoms with Crippen LogP contribution in [0, 0.1) is 19.7 Å². The van der Waals surface area contributed by atoms with Crippen molar-refractivity contribution in [1.29, 1.82) is 0 Å². The first-order chi connectivity index (χ1) is 14.0. The average molecular weight is 448 g/mol. The number of anilines is 2.